The highest BCUT2D eigenvalue weighted by atomic mass is 14.7. The highest BCUT2D eigenvalue weighted by Gasteiger charge is 2.05. The molecule has 1 heteroatoms. The maximum Gasteiger partial charge on any atom is 0.0560 e. The summed E-state index contributed by atoms with van der Waals surface area (Å²) in [4.78, 5) is 4.42. The van der Waals surface area contributed by atoms with E-state index in [2.05, 4.69) is 47.2 Å². The van der Waals surface area contributed by atoms with Crippen LogP contribution in [-0.4, -0.2) is 4.98 Å². The van der Waals surface area contributed by atoms with Crippen molar-refractivity contribution < 1.29 is 0 Å². The molecule has 1 aliphatic rings. The van der Waals surface area contributed by atoms with Crippen molar-refractivity contribution in [3.8, 4) is 11.8 Å². The number of aryl methyl sites for hydroxylation is 2. The van der Waals surface area contributed by atoms with Gasteiger partial charge in [0, 0.05) is 17.3 Å². The van der Waals surface area contributed by atoms with Gasteiger partial charge >= 0.3 is 0 Å². The maximum atomic E-state index is 4.42. The standard InChI is InChI=1S/C16H13N.C2H6/c1-2-6-14-10-11-15-8-4-12-17-16(15)9-3-7-13(14)5-1;1-2/h1-2,4-6,8,12H,3,7,9H2;1-2H3. The van der Waals surface area contributed by atoms with Gasteiger partial charge in [0.15, 0.2) is 0 Å². The number of hydrogen-bond donors (Lipinski definition) is 0. The van der Waals surface area contributed by atoms with Gasteiger partial charge in [-0.05, 0) is 43.0 Å². The Labute approximate surface area is 115 Å². The second-order valence-electron chi connectivity index (χ2n) is 4.26. The summed E-state index contributed by atoms with van der Waals surface area (Å²) in [5, 5.41) is 0. The molecule has 0 amide bonds. The number of rotatable bonds is 0. The minimum Gasteiger partial charge on any atom is -0.260 e. The fraction of sp³-hybridized carbons (Fsp3) is 0.278. The number of fused-ring (bicyclic) bond motifs is 2. The van der Waals surface area contributed by atoms with Crippen LogP contribution in [-0.2, 0) is 12.8 Å². The van der Waals surface area contributed by atoms with E-state index < -0.39 is 0 Å². The third kappa shape index (κ3) is 3.23. The van der Waals surface area contributed by atoms with Gasteiger partial charge in [-0.1, -0.05) is 43.9 Å². The molecule has 19 heavy (non-hydrogen) atoms. The quantitative estimate of drug-likeness (QED) is 0.643. The van der Waals surface area contributed by atoms with Crippen LogP contribution >= 0.6 is 0 Å². The van der Waals surface area contributed by atoms with Crippen LogP contribution in [0.4, 0.5) is 0 Å². The lowest BCUT2D eigenvalue weighted by atomic mass is 10.0. The molecule has 0 unspecified atom stereocenters. The van der Waals surface area contributed by atoms with Crippen molar-refractivity contribution in [1.29, 1.82) is 0 Å². The lowest BCUT2D eigenvalue weighted by Gasteiger charge is -2.03. The summed E-state index contributed by atoms with van der Waals surface area (Å²) in [5.41, 5.74) is 4.72. The van der Waals surface area contributed by atoms with Crippen molar-refractivity contribution in [2.45, 2.75) is 33.1 Å². The number of benzene rings is 1. The Morgan fingerprint density at radius 1 is 0.895 bits per heavy atom. The molecule has 0 saturated carbocycles. The van der Waals surface area contributed by atoms with Crippen molar-refractivity contribution in [1.82, 2.24) is 4.98 Å². The van der Waals surface area contributed by atoms with Crippen LogP contribution in [0.2, 0.25) is 0 Å². The first-order chi connectivity index (χ1) is 9.43. The Morgan fingerprint density at radius 2 is 1.63 bits per heavy atom. The first-order valence-electron chi connectivity index (χ1n) is 6.97. The lowest BCUT2D eigenvalue weighted by Crippen LogP contribution is -1.95. The second-order valence-corrected chi connectivity index (χ2v) is 4.26. The van der Waals surface area contributed by atoms with Gasteiger partial charge in [-0.3, -0.25) is 4.98 Å². The molecule has 1 nitrogen and oxygen atoms in total. The molecule has 1 aromatic heterocycles. The molecule has 0 saturated heterocycles. The predicted octanol–water partition coefficient (Wildman–Crippen LogP) is 4.00. The molecule has 2 aromatic rings. The molecule has 0 aliphatic heterocycles. The van der Waals surface area contributed by atoms with Gasteiger partial charge in [-0.25, -0.2) is 0 Å². The zero-order chi connectivity index (χ0) is 13.5. The van der Waals surface area contributed by atoms with E-state index in [1.165, 1.54) is 5.56 Å². The molecule has 0 spiro atoms. The summed E-state index contributed by atoms with van der Waals surface area (Å²) >= 11 is 0. The van der Waals surface area contributed by atoms with Crippen molar-refractivity contribution in [3.05, 3.63) is 65.0 Å². The van der Waals surface area contributed by atoms with Crippen LogP contribution in [0.3, 0.4) is 0 Å². The fourth-order valence-corrected chi connectivity index (χ4v) is 2.19. The molecule has 0 N–H and O–H groups in total. The summed E-state index contributed by atoms with van der Waals surface area (Å²) in [5.74, 6) is 6.52. The number of nitrogens with zero attached hydrogens (tertiary/aromatic N) is 1. The molecule has 0 radical (unpaired) electrons. The van der Waals surface area contributed by atoms with Gasteiger partial charge in [0.05, 0.1) is 5.69 Å². The Balaban J connectivity index is 0.000000637. The molecule has 1 heterocycles. The largest absolute Gasteiger partial charge is 0.260 e. The monoisotopic (exact) mass is 249 g/mol. The van der Waals surface area contributed by atoms with Crippen LogP contribution in [0.15, 0.2) is 42.6 Å². The normalized spacial score (nSPS) is 12.1. The Kier molecular flexibility index (Phi) is 4.75. The van der Waals surface area contributed by atoms with Crippen molar-refractivity contribution >= 4 is 0 Å². The second kappa shape index (κ2) is 6.75. The van der Waals surface area contributed by atoms with E-state index in [1.54, 1.807) is 0 Å². The molecule has 1 aliphatic carbocycles. The Bertz CT molecular complexity index is 551. The third-order valence-electron chi connectivity index (χ3n) is 3.10. The van der Waals surface area contributed by atoms with E-state index in [0.717, 1.165) is 36.1 Å². The van der Waals surface area contributed by atoms with Crippen LogP contribution in [0.25, 0.3) is 0 Å². The van der Waals surface area contributed by atoms with E-state index in [4.69, 9.17) is 0 Å². The average molecular weight is 249 g/mol. The summed E-state index contributed by atoms with van der Waals surface area (Å²) < 4.78 is 0. The van der Waals surface area contributed by atoms with Gasteiger partial charge in [-0.15, -0.1) is 0 Å². The van der Waals surface area contributed by atoms with E-state index in [0.29, 0.717) is 0 Å². The summed E-state index contributed by atoms with van der Waals surface area (Å²) in [6.07, 6.45) is 5.08. The molecule has 0 fully saturated rings. The van der Waals surface area contributed by atoms with Gasteiger partial charge < -0.3 is 0 Å². The maximum absolute atomic E-state index is 4.42. The van der Waals surface area contributed by atoms with Crippen LogP contribution in [0, 0.1) is 11.8 Å². The fourth-order valence-electron chi connectivity index (χ4n) is 2.19. The highest BCUT2D eigenvalue weighted by molar-refractivity contribution is 5.48. The molecule has 1 aromatic carbocycles. The summed E-state index contributed by atoms with van der Waals surface area (Å²) in [7, 11) is 0. The van der Waals surface area contributed by atoms with Gasteiger partial charge in [0.25, 0.3) is 0 Å². The van der Waals surface area contributed by atoms with Crippen molar-refractivity contribution in [2.24, 2.45) is 0 Å². The molecule has 96 valence electrons. The molecule has 0 atom stereocenters. The van der Waals surface area contributed by atoms with Crippen LogP contribution < -0.4 is 0 Å². The zero-order valence-corrected chi connectivity index (χ0v) is 11.6. The van der Waals surface area contributed by atoms with E-state index in [-0.39, 0.29) is 0 Å². The first-order valence-corrected chi connectivity index (χ1v) is 6.97. The summed E-state index contributed by atoms with van der Waals surface area (Å²) in [6.45, 7) is 4.00. The zero-order valence-electron chi connectivity index (χ0n) is 11.6. The van der Waals surface area contributed by atoms with Crippen molar-refractivity contribution in [3.63, 3.8) is 0 Å². The van der Waals surface area contributed by atoms with Gasteiger partial charge in [-0.2, -0.15) is 0 Å². The number of hydrogen-bond acceptors (Lipinski definition) is 1. The molecular weight excluding hydrogens is 230 g/mol. The lowest BCUT2D eigenvalue weighted by molar-refractivity contribution is 0.797. The minimum absolute atomic E-state index is 1.01. The van der Waals surface area contributed by atoms with E-state index in [9.17, 15) is 0 Å². The first kappa shape index (κ1) is 13.4. The van der Waals surface area contributed by atoms with Gasteiger partial charge in [0.1, 0.15) is 0 Å². The SMILES string of the molecule is C1#Cc2cccnc2CCCc2ccccc21.CC. The third-order valence-corrected chi connectivity index (χ3v) is 3.10. The average Bonchev–Trinajstić information content (AvgIpc) is 2.58. The van der Waals surface area contributed by atoms with Crippen LogP contribution in [0.1, 0.15) is 42.7 Å². The molecule has 3 rings (SSSR count). The Hall–Kier alpha value is -2.07. The van der Waals surface area contributed by atoms with Gasteiger partial charge in [0.2, 0.25) is 0 Å². The predicted molar refractivity (Wildman–Crippen MR) is 80.0 cm³/mol. The van der Waals surface area contributed by atoms with Crippen LogP contribution in [0.5, 0.6) is 0 Å². The molecule has 0 bridgehead atoms. The van der Waals surface area contributed by atoms with E-state index >= 15 is 0 Å². The molecular formula is C18H19N. The number of aromatic nitrogens is 1. The minimum atomic E-state index is 1.01. The smallest absolute Gasteiger partial charge is 0.0560 e. The topological polar surface area (TPSA) is 12.9 Å². The number of pyridine rings is 1. The Morgan fingerprint density at radius 3 is 2.53 bits per heavy atom. The highest BCUT2D eigenvalue weighted by Crippen LogP contribution is 2.15. The summed E-state index contributed by atoms with van der Waals surface area (Å²) in [6, 6.07) is 12.4. The van der Waals surface area contributed by atoms with E-state index in [1.807, 2.05) is 26.1 Å². The van der Waals surface area contributed by atoms with Crippen molar-refractivity contribution in [2.75, 3.05) is 0 Å².